The zero-order chi connectivity index (χ0) is 17.0. The van der Waals surface area contributed by atoms with Crippen LogP contribution in [0.25, 0.3) is 0 Å². The highest BCUT2D eigenvalue weighted by Crippen LogP contribution is 2.38. The Balaban J connectivity index is 1.74. The highest BCUT2D eigenvalue weighted by Gasteiger charge is 2.47. The van der Waals surface area contributed by atoms with E-state index in [-0.39, 0.29) is 11.3 Å². The van der Waals surface area contributed by atoms with Gasteiger partial charge in [0, 0.05) is 63.2 Å². The molecule has 2 saturated heterocycles. The molecule has 132 valence electrons. The molecule has 0 bridgehead atoms. The molecule has 2 fully saturated rings. The molecule has 0 aromatic carbocycles. The third-order valence-corrected chi connectivity index (χ3v) is 5.34. The molecule has 0 unspecified atom stereocenters. The predicted octanol–water partition coefficient (Wildman–Crippen LogP) is 1.14. The van der Waals surface area contributed by atoms with Crippen molar-refractivity contribution < 1.29 is 14.3 Å². The Morgan fingerprint density at radius 2 is 2.21 bits per heavy atom. The second kappa shape index (κ2) is 7.59. The molecule has 0 N–H and O–H groups in total. The van der Waals surface area contributed by atoms with Crippen LogP contribution in [-0.2, 0) is 9.47 Å². The smallest absolute Gasteiger partial charge is 0.254 e. The van der Waals surface area contributed by atoms with E-state index in [0.29, 0.717) is 24.6 Å². The van der Waals surface area contributed by atoms with Gasteiger partial charge in [-0.1, -0.05) is 6.92 Å². The predicted molar refractivity (Wildman–Crippen MR) is 90.9 cm³/mol. The largest absolute Gasteiger partial charge is 0.383 e. The molecule has 2 atom stereocenters. The van der Waals surface area contributed by atoms with Gasteiger partial charge in [-0.25, -0.2) is 0 Å². The lowest BCUT2D eigenvalue weighted by Gasteiger charge is -2.35. The summed E-state index contributed by atoms with van der Waals surface area (Å²) in [6, 6.07) is 3.56. The fraction of sp³-hybridized carbons (Fsp3) is 0.667. The van der Waals surface area contributed by atoms with Gasteiger partial charge in [0.05, 0.1) is 19.8 Å². The minimum absolute atomic E-state index is 0.00688. The molecular formula is C18H27N3O3. The van der Waals surface area contributed by atoms with Crippen LogP contribution in [0.15, 0.2) is 24.5 Å². The third-order valence-electron chi connectivity index (χ3n) is 5.34. The second-order valence-corrected chi connectivity index (χ2v) is 7.01. The minimum Gasteiger partial charge on any atom is -0.383 e. The first kappa shape index (κ1) is 17.3. The van der Waals surface area contributed by atoms with Gasteiger partial charge in [-0.2, -0.15) is 0 Å². The quantitative estimate of drug-likeness (QED) is 0.827. The first-order valence-corrected chi connectivity index (χ1v) is 8.63. The number of hydrogen-bond donors (Lipinski definition) is 0. The van der Waals surface area contributed by atoms with Gasteiger partial charge in [-0.05, 0) is 18.1 Å². The van der Waals surface area contributed by atoms with Gasteiger partial charge >= 0.3 is 0 Å². The van der Waals surface area contributed by atoms with Crippen molar-refractivity contribution in [3.8, 4) is 0 Å². The number of nitrogens with zero attached hydrogens (tertiary/aromatic N) is 3. The number of hydrogen-bond acceptors (Lipinski definition) is 5. The SMILES string of the molecule is COCCN1C[C@@H](C)[C@@]2(COCCN(C(=O)c3ccncc3)C2)C1. The van der Waals surface area contributed by atoms with Crippen molar-refractivity contribution >= 4 is 5.91 Å². The van der Waals surface area contributed by atoms with Crippen LogP contribution < -0.4 is 0 Å². The van der Waals surface area contributed by atoms with E-state index in [1.54, 1.807) is 31.6 Å². The lowest BCUT2D eigenvalue weighted by molar-refractivity contribution is 0.0468. The van der Waals surface area contributed by atoms with Crippen molar-refractivity contribution in [3.63, 3.8) is 0 Å². The van der Waals surface area contributed by atoms with Gasteiger partial charge in [0.1, 0.15) is 0 Å². The van der Waals surface area contributed by atoms with Gasteiger partial charge in [0.25, 0.3) is 5.91 Å². The molecule has 1 amide bonds. The van der Waals surface area contributed by atoms with Crippen LogP contribution in [0.5, 0.6) is 0 Å². The van der Waals surface area contributed by atoms with Crippen molar-refractivity contribution in [1.29, 1.82) is 0 Å². The molecule has 1 spiro atoms. The average molecular weight is 333 g/mol. The molecule has 6 nitrogen and oxygen atoms in total. The van der Waals surface area contributed by atoms with Crippen LogP contribution in [0.3, 0.4) is 0 Å². The average Bonchev–Trinajstić information content (AvgIpc) is 2.77. The lowest BCUT2D eigenvalue weighted by atomic mass is 9.79. The summed E-state index contributed by atoms with van der Waals surface area (Å²) in [5, 5.41) is 0. The Hall–Kier alpha value is -1.50. The standard InChI is InChI=1S/C18H27N3O3/c1-15-11-20(7-9-23-2)12-18(15)13-21(8-10-24-14-18)17(22)16-3-5-19-6-4-16/h3-6,15H,7-14H2,1-2H3/t15-,18+/m1/s1. The summed E-state index contributed by atoms with van der Waals surface area (Å²) in [6.07, 6.45) is 3.34. The maximum absolute atomic E-state index is 12.9. The van der Waals surface area contributed by atoms with Gasteiger partial charge in [-0.3, -0.25) is 9.78 Å². The molecule has 3 heterocycles. The lowest BCUT2D eigenvalue weighted by Crippen LogP contribution is -2.46. The number of aromatic nitrogens is 1. The fourth-order valence-electron chi connectivity index (χ4n) is 3.84. The zero-order valence-corrected chi connectivity index (χ0v) is 14.6. The number of methoxy groups -OCH3 is 1. The van der Waals surface area contributed by atoms with Crippen LogP contribution in [0.1, 0.15) is 17.3 Å². The number of likely N-dealkylation sites (tertiary alicyclic amines) is 1. The summed E-state index contributed by atoms with van der Waals surface area (Å²) < 4.78 is 11.1. The number of carbonyl (C=O) groups is 1. The highest BCUT2D eigenvalue weighted by atomic mass is 16.5. The van der Waals surface area contributed by atoms with Crippen molar-refractivity contribution in [3.05, 3.63) is 30.1 Å². The number of carbonyl (C=O) groups excluding carboxylic acids is 1. The highest BCUT2D eigenvalue weighted by molar-refractivity contribution is 5.94. The van der Waals surface area contributed by atoms with Crippen molar-refractivity contribution in [1.82, 2.24) is 14.8 Å². The van der Waals surface area contributed by atoms with E-state index >= 15 is 0 Å². The molecule has 0 radical (unpaired) electrons. The molecule has 1 aromatic heterocycles. The van der Waals surface area contributed by atoms with E-state index in [4.69, 9.17) is 9.47 Å². The van der Waals surface area contributed by atoms with Crippen molar-refractivity contribution in [2.24, 2.45) is 11.3 Å². The van der Waals surface area contributed by atoms with Crippen molar-refractivity contribution in [2.75, 3.05) is 59.7 Å². The fourth-order valence-corrected chi connectivity index (χ4v) is 3.84. The van der Waals surface area contributed by atoms with Crippen LogP contribution in [0.4, 0.5) is 0 Å². The third kappa shape index (κ3) is 3.61. The zero-order valence-electron chi connectivity index (χ0n) is 14.6. The van der Waals surface area contributed by atoms with E-state index in [1.165, 1.54) is 0 Å². The summed E-state index contributed by atoms with van der Waals surface area (Å²) in [4.78, 5) is 21.2. The summed E-state index contributed by atoms with van der Waals surface area (Å²) in [5.74, 6) is 0.560. The summed E-state index contributed by atoms with van der Waals surface area (Å²) >= 11 is 0. The van der Waals surface area contributed by atoms with E-state index in [1.807, 2.05) is 4.90 Å². The molecule has 2 aliphatic rings. The molecule has 0 saturated carbocycles. The normalized spacial score (nSPS) is 28.2. The van der Waals surface area contributed by atoms with Crippen molar-refractivity contribution in [2.45, 2.75) is 6.92 Å². The van der Waals surface area contributed by atoms with Crippen LogP contribution in [-0.4, -0.2) is 80.3 Å². The second-order valence-electron chi connectivity index (χ2n) is 7.01. The molecule has 24 heavy (non-hydrogen) atoms. The number of rotatable bonds is 4. The van der Waals surface area contributed by atoms with Crippen LogP contribution in [0, 0.1) is 11.3 Å². The minimum atomic E-state index is 0.00688. The Kier molecular flexibility index (Phi) is 5.48. The van der Waals surface area contributed by atoms with Gasteiger partial charge in [0.2, 0.25) is 0 Å². The molecule has 0 aliphatic carbocycles. The molecule has 2 aliphatic heterocycles. The first-order valence-electron chi connectivity index (χ1n) is 8.63. The summed E-state index contributed by atoms with van der Waals surface area (Å²) in [7, 11) is 1.74. The number of amides is 1. The Morgan fingerprint density at radius 1 is 1.42 bits per heavy atom. The van der Waals surface area contributed by atoms with Gasteiger partial charge in [0.15, 0.2) is 0 Å². The molecular weight excluding hydrogens is 306 g/mol. The maximum atomic E-state index is 12.9. The molecule has 3 rings (SSSR count). The van der Waals surface area contributed by atoms with Gasteiger partial charge < -0.3 is 19.3 Å². The summed E-state index contributed by atoms with van der Waals surface area (Å²) in [6.45, 7) is 8.65. The summed E-state index contributed by atoms with van der Waals surface area (Å²) in [5.41, 5.74) is 0.705. The number of ether oxygens (including phenoxy) is 2. The van der Waals surface area contributed by atoms with E-state index in [0.717, 1.165) is 39.4 Å². The number of pyridine rings is 1. The van der Waals surface area contributed by atoms with Crippen LogP contribution in [0.2, 0.25) is 0 Å². The molecule has 6 heteroatoms. The maximum Gasteiger partial charge on any atom is 0.254 e. The molecule has 1 aromatic rings. The van der Waals surface area contributed by atoms with Gasteiger partial charge in [-0.15, -0.1) is 0 Å². The monoisotopic (exact) mass is 333 g/mol. The Labute approximate surface area is 143 Å². The topological polar surface area (TPSA) is 54.9 Å². The Morgan fingerprint density at radius 3 is 2.96 bits per heavy atom. The first-order chi connectivity index (χ1) is 11.6. The van der Waals surface area contributed by atoms with E-state index in [2.05, 4.69) is 16.8 Å². The van der Waals surface area contributed by atoms with E-state index < -0.39 is 0 Å². The Bertz CT molecular complexity index is 554. The van der Waals surface area contributed by atoms with E-state index in [9.17, 15) is 4.79 Å². The van der Waals surface area contributed by atoms with Crippen LogP contribution >= 0.6 is 0 Å².